The summed E-state index contributed by atoms with van der Waals surface area (Å²) >= 11 is 6.09. The molecule has 1 aromatic heterocycles. The van der Waals surface area contributed by atoms with Crippen molar-refractivity contribution < 1.29 is 4.79 Å². The molecule has 6 heteroatoms. The zero-order valence-electron chi connectivity index (χ0n) is 11.8. The summed E-state index contributed by atoms with van der Waals surface area (Å²) in [7, 11) is 0. The lowest BCUT2D eigenvalue weighted by atomic mass is 10.1. The number of anilines is 1. The van der Waals surface area contributed by atoms with E-state index < -0.39 is 0 Å². The molecule has 3 rings (SSSR count). The summed E-state index contributed by atoms with van der Waals surface area (Å²) in [5.41, 5.74) is 2.25. The highest BCUT2D eigenvalue weighted by Crippen LogP contribution is 2.29. The molecule has 22 heavy (non-hydrogen) atoms. The molecule has 1 amide bonds. The molecule has 0 saturated heterocycles. The fourth-order valence-electron chi connectivity index (χ4n) is 2.15. The number of carbonyl (C=O) groups is 1. The van der Waals surface area contributed by atoms with Crippen LogP contribution in [0.3, 0.4) is 0 Å². The van der Waals surface area contributed by atoms with Gasteiger partial charge in [-0.1, -0.05) is 41.9 Å². The fourth-order valence-corrected chi connectivity index (χ4v) is 2.33. The summed E-state index contributed by atoms with van der Waals surface area (Å²) in [6, 6.07) is 14.9. The number of rotatable bonds is 2. The van der Waals surface area contributed by atoms with Crippen LogP contribution >= 0.6 is 11.6 Å². The summed E-state index contributed by atoms with van der Waals surface area (Å²) in [4.78, 5) is 20.3. The number of halogens is 1. The van der Waals surface area contributed by atoms with E-state index in [9.17, 15) is 4.79 Å². The summed E-state index contributed by atoms with van der Waals surface area (Å²) in [5.74, 6) is 5.55. The van der Waals surface area contributed by atoms with Crippen molar-refractivity contribution in [3.63, 3.8) is 0 Å². The van der Waals surface area contributed by atoms with Gasteiger partial charge in [0, 0.05) is 22.9 Å². The average Bonchev–Trinajstić information content (AvgIpc) is 2.54. The van der Waals surface area contributed by atoms with Crippen molar-refractivity contribution in [2.24, 2.45) is 5.84 Å². The largest absolute Gasteiger partial charge is 0.273 e. The number of aromatic nitrogens is 2. The minimum absolute atomic E-state index is 0.154. The van der Waals surface area contributed by atoms with Crippen LogP contribution in [0, 0.1) is 0 Å². The molecule has 0 unspecified atom stereocenters. The van der Waals surface area contributed by atoms with Gasteiger partial charge in [-0.3, -0.25) is 4.79 Å². The van der Waals surface area contributed by atoms with Crippen molar-refractivity contribution in [1.29, 1.82) is 0 Å². The molecule has 0 atom stereocenters. The Kier molecular flexibility index (Phi) is 3.75. The Hall–Kier alpha value is -2.50. The number of nitrogens with zero attached hydrogens (tertiary/aromatic N) is 3. The Morgan fingerprint density at radius 3 is 2.55 bits per heavy atom. The minimum Gasteiger partial charge on any atom is -0.273 e. The highest BCUT2D eigenvalue weighted by Gasteiger charge is 2.15. The van der Waals surface area contributed by atoms with E-state index in [1.165, 1.54) is 6.92 Å². The Morgan fingerprint density at radius 1 is 1.14 bits per heavy atom. The topological polar surface area (TPSA) is 72.1 Å². The van der Waals surface area contributed by atoms with Crippen LogP contribution in [0.2, 0.25) is 5.02 Å². The maximum Gasteiger partial charge on any atom is 0.248 e. The average molecular weight is 313 g/mol. The van der Waals surface area contributed by atoms with Gasteiger partial charge in [-0.15, -0.1) is 0 Å². The number of hydrazine groups is 1. The molecule has 0 aliphatic rings. The Morgan fingerprint density at radius 2 is 1.86 bits per heavy atom. The lowest BCUT2D eigenvalue weighted by Gasteiger charge is -2.15. The first-order chi connectivity index (χ1) is 10.6. The SMILES string of the molecule is CC(=O)N(N)c1nc(-c2ccccc2)c2cc(Cl)ccc2n1. The molecule has 2 aromatic carbocycles. The molecule has 2 N–H and O–H groups in total. The molecule has 0 spiro atoms. The number of benzene rings is 2. The van der Waals surface area contributed by atoms with Gasteiger partial charge in [0.15, 0.2) is 0 Å². The zero-order valence-corrected chi connectivity index (χ0v) is 12.6. The van der Waals surface area contributed by atoms with E-state index in [0.29, 0.717) is 16.2 Å². The molecule has 0 aliphatic heterocycles. The van der Waals surface area contributed by atoms with Gasteiger partial charge in [0.25, 0.3) is 0 Å². The van der Waals surface area contributed by atoms with Gasteiger partial charge in [0.2, 0.25) is 11.9 Å². The van der Waals surface area contributed by atoms with Gasteiger partial charge in [-0.05, 0) is 18.2 Å². The minimum atomic E-state index is -0.340. The number of amides is 1. The van der Waals surface area contributed by atoms with Crippen LogP contribution < -0.4 is 10.9 Å². The molecule has 0 bridgehead atoms. The first kappa shape index (κ1) is 14.4. The van der Waals surface area contributed by atoms with E-state index in [4.69, 9.17) is 17.4 Å². The third kappa shape index (κ3) is 2.64. The lowest BCUT2D eigenvalue weighted by Crippen LogP contribution is -2.37. The molecule has 0 fully saturated rings. The van der Waals surface area contributed by atoms with Crippen molar-refractivity contribution in [3.8, 4) is 11.3 Å². The van der Waals surface area contributed by atoms with Gasteiger partial charge in [0.1, 0.15) is 0 Å². The second-order valence-corrected chi connectivity index (χ2v) is 5.23. The smallest absolute Gasteiger partial charge is 0.248 e. The Balaban J connectivity index is 2.31. The highest BCUT2D eigenvalue weighted by molar-refractivity contribution is 6.31. The monoisotopic (exact) mass is 312 g/mol. The number of carbonyl (C=O) groups excluding carboxylic acids is 1. The summed E-state index contributed by atoms with van der Waals surface area (Å²) in [6.45, 7) is 1.36. The molecule has 110 valence electrons. The zero-order chi connectivity index (χ0) is 15.7. The van der Waals surface area contributed by atoms with Crippen molar-refractivity contribution in [3.05, 3.63) is 53.6 Å². The fraction of sp³-hybridized carbons (Fsp3) is 0.0625. The molecule has 3 aromatic rings. The maximum absolute atomic E-state index is 11.5. The second kappa shape index (κ2) is 5.71. The molecule has 0 saturated carbocycles. The summed E-state index contributed by atoms with van der Waals surface area (Å²) in [5, 5.41) is 2.33. The summed E-state index contributed by atoms with van der Waals surface area (Å²) < 4.78 is 0. The van der Waals surface area contributed by atoms with E-state index in [2.05, 4.69) is 9.97 Å². The maximum atomic E-state index is 11.5. The van der Waals surface area contributed by atoms with Gasteiger partial charge >= 0.3 is 0 Å². The van der Waals surface area contributed by atoms with Crippen molar-refractivity contribution in [1.82, 2.24) is 9.97 Å². The molecule has 0 radical (unpaired) electrons. The predicted molar refractivity (Wildman–Crippen MR) is 87.3 cm³/mol. The first-order valence-electron chi connectivity index (χ1n) is 6.64. The van der Waals surface area contributed by atoms with Crippen molar-refractivity contribution >= 4 is 34.4 Å². The third-order valence-electron chi connectivity index (χ3n) is 3.25. The van der Waals surface area contributed by atoms with Gasteiger partial charge < -0.3 is 0 Å². The molecular formula is C16H13ClN4O. The van der Waals surface area contributed by atoms with Crippen LogP contribution in [0.5, 0.6) is 0 Å². The Bertz CT molecular complexity index is 851. The quantitative estimate of drug-likeness (QED) is 0.448. The van der Waals surface area contributed by atoms with Crippen LogP contribution in [0.25, 0.3) is 22.2 Å². The van der Waals surface area contributed by atoms with Gasteiger partial charge in [-0.2, -0.15) is 0 Å². The van der Waals surface area contributed by atoms with E-state index >= 15 is 0 Å². The van der Waals surface area contributed by atoms with Crippen LogP contribution in [-0.2, 0) is 4.79 Å². The van der Waals surface area contributed by atoms with Crippen molar-refractivity contribution in [2.75, 3.05) is 5.01 Å². The van der Waals surface area contributed by atoms with Crippen LogP contribution in [0.1, 0.15) is 6.92 Å². The van der Waals surface area contributed by atoms with Crippen LogP contribution in [0.15, 0.2) is 48.5 Å². The standard InChI is InChI=1S/C16H13ClN4O/c1-10(22)21(18)16-19-14-8-7-12(17)9-13(14)15(20-16)11-5-3-2-4-6-11/h2-9H,18H2,1H3. The first-order valence-corrected chi connectivity index (χ1v) is 7.02. The van der Waals surface area contributed by atoms with E-state index in [1.54, 1.807) is 18.2 Å². The molecule has 0 aliphatic carbocycles. The van der Waals surface area contributed by atoms with Gasteiger partial charge in [0.05, 0.1) is 11.2 Å². The Labute approximate surface area is 132 Å². The lowest BCUT2D eigenvalue weighted by molar-refractivity contribution is -0.116. The molecule has 5 nitrogen and oxygen atoms in total. The third-order valence-corrected chi connectivity index (χ3v) is 3.48. The normalized spacial score (nSPS) is 10.7. The van der Waals surface area contributed by atoms with E-state index in [0.717, 1.165) is 16.0 Å². The van der Waals surface area contributed by atoms with Crippen LogP contribution in [-0.4, -0.2) is 15.9 Å². The van der Waals surface area contributed by atoms with E-state index in [1.807, 2.05) is 30.3 Å². The van der Waals surface area contributed by atoms with E-state index in [-0.39, 0.29) is 11.9 Å². The number of hydrogen-bond donors (Lipinski definition) is 1. The number of hydrogen-bond acceptors (Lipinski definition) is 4. The summed E-state index contributed by atoms with van der Waals surface area (Å²) in [6.07, 6.45) is 0. The molecular weight excluding hydrogens is 300 g/mol. The number of fused-ring (bicyclic) bond motifs is 1. The second-order valence-electron chi connectivity index (χ2n) is 4.79. The van der Waals surface area contributed by atoms with Crippen LogP contribution in [0.4, 0.5) is 5.95 Å². The number of nitrogens with two attached hydrogens (primary N) is 1. The predicted octanol–water partition coefficient (Wildman–Crippen LogP) is 3.18. The van der Waals surface area contributed by atoms with Crippen molar-refractivity contribution in [2.45, 2.75) is 6.92 Å². The molecule has 1 heterocycles. The highest BCUT2D eigenvalue weighted by atomic mass is 35.5. The van der Waals surface area contributed by atoms with Gasteiger partial charge in [-0.25, -0.2) is 20.8 Å².